The van der Waals surface area contributed by atoms with Gasteiger partial charge in [0.2, 0.25) is 0 Å². The first-order valence-corrected chi connectivity index (χ1v) is 9.66. The van der Waals surface area contributed by atoms with Gasteiger partial charge in [-0.2, -0.15) is 11.8 Å². The maximum absolute atomic E-state index is 12.2. The van der Waals surface area contributed by atoms with E-state index < -0.39 is 0 Å². The number of thioether (sulfide) groups is 1. The highest BCUT2D eigenvalue weighted by atomic mass is 32.2. The minimum absolute atomic E-state index is 0.0160. The molecule has 0 unspecified atom stereocenters. The van der Waals surface area contributed by atoms with Crippen LogP contribution in [0.5, 0.6) is 5.75 Å². The number of hydrogen-bond acceptors (Lipinski definition) is 4. The van der Waals surface area contributed by atoms with Crippen molar-refractivity contribution in [3.05, 3.63) is 29.8 Å². The summed E-state index contributed by atoms with van der Waals surface area (Å²) in [6.07, 6.45) is 3.75. The lowest BCUT2D eigenvalue weighted by Gasteiger charge is -2.35. The van der Waals surface area contributed by atoms with E-state index in [9.17, 15) is 4.79 Å². The van der Waals surface area contributed by atoms with Gasteiger partial charge in [-0.25, -0.2) is 0 Å². The van der Waals surface area contributed by atoms with Crippen molar-refractivity contribution in [1.29, 1.82) is 0 Å². The number of hydrogen-bond donors (Lipinski definition) is 1. The molecule has 1 aromatic carbocycles. The quantitative estimate of drug-likeness (QED) is 0.899. The topological polar surface area (TPSA) is 41.6 Å². The molecule has 0 aliphatic carbocycles. The van der Waals surface area contributed by atoms with Crippen LogP contribution in [0, 0.1) is 5.92 Å². The Morgan fingerprint density at radius 1 is 1.26 bits per heavy atom. The molecule has 0 spiro atoms. The van der Waals surface area contributed by atoms with Gasteiger partial charge in [-0.05, 0) is 68.3 Å². The summed E-state index contributed by atoms with van der Waals surface area (Å²) in [5.41, 5.74) is 0.700. The van der Waals surface area contributed by atoms with E-state index in [1.807, 2.05) is 24.3 Å². The van der Waals surface area contributed by atoms with Crippen molar-refractivity contribution in [1.82, 2.24) is 10.2 Å². The number of nitrogens with one attached hydrogen (secondary N) is 1. The predicted molar refractivity (Wildman–Crippen MR) is 95.4 cm³/mol. The second-order valence-corrected chi connectivity index (χ2v) is 7.59. The number of benzene rings is 1. The van der Waals surface area contributed by atoms with Crippen LogP contribution >= 0.6 is 11.8 Å². The van der Waals surface area contributed by atoms with Crippen LogP contribution in [0.1, 0.15) is 29.6 Å². The number of carbonyl (C=O) groups is 1. The third kappa shape index (κ3) is 4.42. The standard InChI is InChI=1S/C18H26N2O2S/c1-22-17-4-2-15(3-5-17)18(21)19-12-14-6-9-20(10-7-14)16-8-11-23-13-16/h2-5,14,16H,6-13H2,1H3,(H,19,21)/t16-/m1/s1. The van der Waals surface area contributed by atoms with Crippen LogP contribution in [0.4, 0.5) is 0 Å². The summed E-state index contributed by atoms with van der Waals surface area (Å²) < 4.78 is 5.12. The first-order valence-electron chi connectivity index (χ1n) is 8.50. The van der Waals surface area contributed by atoms with Crippen molar-refractivity contribution in [2.45, 2.75) is 25.3 Å². The molecule has 0 bridgehead atoms. The zero-order valence-corrected chi connectivity index (χ0v) is 14.6. The number of carbonyl (C=O) groups excluding carboxylic acids is 1. The highest BCUT2D eigenvalue weighted by Crippen LogP contribution is 2.26. The Morgan fingerprint density at radius 2 is 2.00 bits per heavy atom. The Hall–Kier alpha value is -1.20. The van der Waals surface area contributed by atoms with Crippen LogP contribution < -0.4 is 10.1 Å². The number of piperidine rings is 1. The van der Waals surface area contributed by atoms with Crippen LogP contribution in [0.25, 0.3) is 0 Å². The maximum atomic E-state index is 12.2. The van der Waals surface area contributed by atoms with E-state index >= 15 is 0 Å². The highest BCUT2D eigenvalue weighted by Gasteiger charge is 2.27. The first kappa shape index (κ1) is 16.7. The van der Waals surface area contributed by atoms with Crippen molar-refractivity contribution in [2.75, 3.05) is 38.2 Å². The largest absolute Gasteiger partial charge is 0.497 e. The lowest BCUT2D eigenvalue weighted by Crippen LogP contribution is -2.43. The SMILES string of the molecule is COc1ccc(C(=O)NCC2CCN([C@@H]3CCSC3)CC2)cc1. The van der Waals surface area contributed by atoms with Crippen LogP contribution in [0.2, 0.25) is 0 Å². The molecular weight excluding hydrogens is 308 g/mol. The van der Waals surface area contributed by atoms with Gasteiger partial charge in [0.05, 0.1) is 7.11 Å². The predicted octanol–water partition coefficient (Wildman–Crippen LogP) is 2.64. The molecule has 2 aliphatic heterocycles. The zero-order valence-electron chi connectivity index (χ0n) is 13.8. The average molecular weight is 334 g/mol. The first-order chi connectivity index (χ1) is 11.3. The van der Waals surface area contributed by atoms with Crippen molar-refractivity contribution in [3.8, 4) is 5.75 Å². The number of ether oxygens (including phenoxy) is 1. The highest BCUT2D eigenvalue weighted by molar-refractivity contribution is 7.99. The molecule has 0 radical (unpaired) electrons. The number of methoxy groups -OCH3 is 1. The minimum Gasteiger partial charge on any atom is -0.497 e. The number of rotatable bonds is 5. The second kappa shape index (κ2) is 8.06. The average Bonchev–Trinajstić information content (AvgIpc) is 3.15. The van der Waals surface area contributed by atoms with Gasteiger partial charge in [-0.1, -0.05) is 0 Å². The Morgan fingerprint density at radius 3 is 2.61 bits per heavy atom. The summed E-state index contributed by atoms with van der Waals surface area (Å²) in [5.74, 6) is 4.03. The fourth-order valence-electron chi connectivity index (χ4n) is 3.41. The second-order valence-electron chi connectivity index (χ2n) is 6.44. The van der Waals surface area contributed by atoms with Crippen LogP contribution in [0.15, 0.2) is 24.3 Å². The summed E-state index contributed by atoms with van der Waals surface area (Å²) >= 11 is 2.08. The molecule has 1 atom stereocenters. The van der Waals surface area contributed by atoms with Crippen molar-refractivity contribution < 1.29 is 9.53 Å². The van der Waals surface area contributed by atoms with Crippen LogP contribution in [0.3, 0.4) is 0 Å². The van der Waals surface area contributed by atoms with Gasteiger partial charge in [0.1, 0.15) is 5.75 Å². The lowest BCUT2D eigenvalue weighted by molar-refractivity contribution is 0.0928. The van der Waals surface area contributed by atoms with Crippen molar-refractivity contribution >= 4 is 17.7 Å². The van der Waals surface area contributed by atoms with E-state index in [1.54, 1.807) is 7.11 Å². The normalized spacial score (nSPS) is 22.9. The molecular formula is C18H26N2O2S. The number of nitrogens with zero attached hydrogens (tertiary/aromatic N) is 1. The summed E-state index contributed by atoms with van der Waals surface area (Å²) in [6.45, 7) is 3.17. The van der Waals surface area contributed by atoms with E-state index in [0.29, 0.717) is 11.5 Å². The molecule has 23 heavy (non-hydrogen) atoms. The van der Waals surface area contributed by atoms with E-state index in [2.05, 4.69) is 22.0 Å². The van der Waals surface area contributed by atoms with Gasteiger partial charge in [0.25, 0.3) is 5.91 Å². The summed E-state index contributed by atoms with van der Waals surface area (Å²) in [6, 6.07) is 8.08. The third-order valence-electron chi connectivity index (χ3n) is 4.97. The molecule has 0 aromatic heterocycles. The van der Waals surface area contributed by atoms with Crippen LogP contribution in [-0.4, -0.2) is 55.1 Å². The summed E-state index contributed by atoms with van der Waals surface area (Å²) in [5, 5.41) is 3.09. The van der Waals surface area contributed by atoms with Gasteiger partial charge in [-0.15, -0.1) is 0 Å². The smallest absolute Gasteiger partial charge is 0.251 e. The molecule has 3 rings (SSSR count). The Bertz CT molecular complexity index is 506. The summed E-state index contributed by atoms with van der Waals surface area (Å²) in [4.78, 5) is 14.8. The van der Waals surface area contributed by atoms with E-state index in [-0.39, 0.29) is 5.91 Å². The minimum atomic E-state index is 0.0160. The lowest BCUT2D eigenvalue weighted by atomic mass is 9.95. The molecule has 2 aliphatic rings. The molecule has 1 N–H and O–H groups in total. The zero-order chi connectivity index (χ0) is 16.1. The number of amides is 1. The van der Waals surface area contributed by atoms with Crippen molar-refractivity contribution in [3.63, 3.8) is 0 Å². The fraction of sp³-hybridized carbons (Fsp3) is 0.611. The van der Waals surface area contributed by atoms with Crippen LogP contribution in [-0.2, 0) is 0 Å². The van der Waals surface area contributed by atoms with E-state index in [1.165, 1.54) is 43.9 Å². The molecule has 0 saturated carbocycles. The molecule has 2 fully saturated rings. The third-order valence-corrected chi connectivity index (χ3v) is 6.12. The number of likely N-dealkylation sites (tertiary alicyclic amines) is 1. The Labute approximate surface area is 143 Å². The molecule has 2 saturated heterocycles. The van der Waals surface area contributed by atoms with Crippen molar-refractivity contribution in [2.24, 2.45) is 5.92 Å². The molecule has 126 valence electrons. The fourth-order valence-corrected chi connectivity index (χ4v) is 4.67. The van der Waals surface area contributed by atoms with Gasteiger partial charge < -0.3 is 10.1 Å². The van der Waals surface area contributed by atoms with E-state index in [4.69, 9.17) is 4.74 Å². The molecule has 1 amide bonds. The Balaban J connectivity index is 1.41. The summed E-state index contributed by atoms with van der Waals surface area (Å²) in [7, 11) is 1.63. The molecule has 5 heteroatoms. The molecule has 2 heterocycles. The molecule has 1 aromatic rings. The van der Waals surface area contributed by atoms with Gasteiger partial charge in [-0.3, -0.25) is 9.69 Å². The van der Waals surface area contributed by atoms with E-state index in [0.717, 1.165) is 18.3 Å². The maximum Gasteiger partial charge on any atom is 0.251 e. The van der Waals surface area contributed by atoms with Gasteiger partial charge in [0, 0.05) is 23.9 Å². The van der Waals surface area contributed by atoms with Gasteiger partial charge >= 0.3 is 0 Å². The monoisotopic (exact) mass is 334 g/mol. The molecule has 4 nitrogen and oxygen atoms in total. The Kier molecular flexibility index (Phi) is 5.84. The van der Waals surface area contributed by atoms with Gasteiger partial charge in [0.15, 0.2) is 0 Å².